The molecule has 0 aliphatic rings. The first-order valence-corrected chi connectivity index (χ1v) is 5.39. The Morgan fingerprint density at radius 2 is 2.31 bits per heavy atom. The van der Waals surface area contributed by atoms with Gasteiger partial charge in [0.25, 0.3) is 0 Å². The number of thioether (sulfide) groups is 1. The van der Waals surface area contributed by atoms with Crippen molar-refractivity contribution in [2.24, 2.45) is 11.7 Å². The zero-order chi connectivity index (χ0) is 10.3. The molecule has 0 aromatic heterocycles. The van der Waals surface area contributed by atoms with Crippen molar-refractivity contribution in [3.05, 3.63) is 11.6 Å². The van der Waals surface area contributed by atoms with Crippen LogP contribution in [0.5, 0.6) is 0 Å². The minimum atomic E-state index is -0.870. The molecule has 0 saturated heterocycles. The molecule has 3 nitrogen and oxygen atoms in total. The Morgan fingerprint density at radius 3 is 2.77 bits per heavy atom. The molecule has 0 heterocycles. The number of carbonyl (C=O) groups is 1. The van der Waals surface area contributed by atoms with Crippen molar-refractivity contribution in [1.82, 2.24) is 0 Å². The fourth-order valence-corrected chi connectivity index (χ4v) is 1.80. The Morgan fingerprint density at radius 1 is 1.69 bits per heavy atom. The van der Waals surface area contributed by atoms with Crippen molar-refractivity contribution in [3.8, 4) is 0 Å². The quantitative estimate of drug-likeness (QED) is 0.640. The Hall–Kier alpha value is -0.480. The molecule has 0 rings (SSSR count). The van der Waals surface area contributed by atoms with Gasteiger partial charge in [0.1, 0.15) is 0 Å². The number of rotatable bonds is 6. The van der Waals surface area contributed by atoms with Gasteiger partial charge in [0, 0.05) is 11.8 Å². The van der Waals surface area contributed by atoms with E-state index < -0.39 is 5.97 Å². The summed E-state index contributed by atoms with van der Waals surface area (Å²) in [5, 5.41) is 8.43. The first kappa shape index (κ1) is 12.5. The van der Waals surface area contributed by atoms with Gasteiger partial charge < -0.3 is 10.8 Å². The van der Waals surface area contributed by atoms with Crippen molar-refractivity contribution >= 4 is 17.7 Å². The van der Waals surface area contributed by atoms with Crippen LogP contribution in [-0.4, -0.2) is 29.1 Å². The third-order valence-electron chi connectivity index (χ3n) is 1.50. The molecule has 4 heteroatoms. The highest BCUT2D eigenvalue weighted by Gasteiger charge is 2.00. The molecule has 0 aliphatic carbocycles. The minimum Gasteiger partial charge on any atom is -0.478 e. The number of hydrogen-bond acceptors (Lipinski definition) is 3. The van der Waals surface area contributed by atoms with Gasteiger partial charge in [-0.2, -0.15) is 11.8 Å². The molecule has 1 unspecified atom stereocenters. The molecule has 0 aromatic rings. The van der Waals surface area contributed by atoms with E-state index in [1.807, 2.05) is 6.92 Å². The number of carboxylic acid groups (broad SMARTS) is 1. The maximum atomic E-state index is 10.3. The van der Waals surface area contributed by atoms with Crippen LogP contribution in [0.3, 0.4) is 0 Å². The van der Waals surface area contributed by atoms with E-state index in [1.165, 1.54) is 6.08 Å². The van der Waals surface area contributed by atoms with Gasteiger partial charge in [-0.1, -0.05) is 12.5 Å². The molecule has 0 spiro atoms. The average Bonchev–Trinajstić information content (AvgIpc) is 2.02. The Labute approximate surface area is 83.4 Å². The molecular formula is C9H17NO2S. The fraction of sp³-hybridized carbons (Fsp3) is 0.667. The maximum Gasteiger partial charge on any atom is 0.328 e. The lowest BCUT2D eigenvalue weighted by Gasteiger charge is -2.07. The maximum absolute atomic E-state index is 10.3. The van der Waals surface area contributed by atoms with Crippen LogP contribution < -0.4 is 5.73 Å². The van der Waals surface area contributed by atoms with Crippen molar-refractivity contribution in [1.29, 1.82) is 0 Å². The zero-order valence-corrected chi connectivity index (χ0v) is 8.93. The van der Waals surface area contributed by atoms with E-state index in [0.29, 0.717) is 12.5 Å². The van der Waals surface area contributed by atoms with Crippen LogP contribution >= 0.6 is 11.8 Å². The van der Waals surface area contributed by atoms with Crippen LogP contribution in [0.2, 0.25) is 0 Å². The lowest BCUT2D eigenvalue weighted by atomic mass is 10.2. The average molecular weight is 203 g/mol. The second kappa shape index (κ2) is 6.97. The predicted octanol–water partition coefficient (Wildman–Crippen LogP) is 1.35. The van der Waals surface area contributed by atoms with Crippen molar-refractivity contribution in [3.63, 3.8) is 0 Å². The zero-order valence-electron chi connectivity index (χ0n) is 8.12. The lowest BCUT2D eigenvalue weighted by Crippen LogP contribution is -2.13. The molecule has 13 heavy (non-hydrogen) atoms. The van der Waals surface area contributed by atoms with Gasteiger partial charge in [0.15, 0.2) is 0 Å². The summed E-state index contributed by atoms with van der Waals surface area (Å²) in [5.41, 5.74) is 6.34. The molecule has 0 saturated carbocycles. The van der Waals surface area contributed by atoms with Crippen LogP contribution in [0.1, 0.15) is 13.8 Å². The van der Waals surface area contributed by atoms with Gasteiger partial charge >= 0.3 is 5.97 Å². The van der Waals surface area contributed by atoms with E-state index >= 15 is 0 Å². The monoisotopic (exact) mass is 203 g/mol. The van der Waals surface area contributed by atoms with Crippen molar-refractivity contribution in [2.45, 2.75) is 13.8 Å². The molecule has 0 amide bonds. The van der Waals surface area contributed by atoms with Gasteiger partial charge in [-0.3, -0.25) is 0 Å². The first-order valence-electron chi connectivity index (χ1n) is 4.24. The van der Waals surface area contributed by atoms with Crippen LogP contribution in [0, 0.1) is 5.92 Å². The van der Waals surface area contributed by atoms with Crippen LogP contribution in [0.15, 0.2) is 11.6 Å². The molecule has 3 N–H and O–H groups in total. The molecule has 0 aliphatic heterocycles. The molecule has 1 atom stereocenters. The Balaban J connectivity index is 3.59. The second-order valence-corrected chi connectivity index (χ2v) is 4.22. The van der Waals surface area contributed by atoms with E-state index in [2.05, 4.69) is 6.92 Å². The highest BCUT2D eigenvalue weighted by molar-refractivity contribution is 7.99. The predicted molar refractivity (Wildman–Crippen MR) is 56.9 cm³/mol. The summed E-state index contributed by atoms with van der Waals surface area (Å²) < 4.78 is 0. The summed E-state index contributed by atoms with van der Waals surface area (Å²) in [7, 11) is 0. The summed E-state index contributed by atoms with van der Waals surface area (Å²) in [5.74, 6) is 1.39. The standard InChI is InChI=1S/C9H17NO2S/c1-7(3-9(11)12)5-13-6-8(2)4-10/h3,8H,4-6,10H2,1-2H3,(H,11,12). The van der Waals surface area contributed by atoms with Crippen LogP contribution in [0.4, 0.5) is 0 Å². The first-order chi connectivity index (χ1) is 6.06. The lowest BCUT2D eigenvalue weighted by molar-refractivity contribution is -0.131. The van der Waals surface area contributed by atoms with E-state index in [9.17, 15) is 4.79 Å². The molecule has 0 radical (unpaired) electrons. The van der Waals surface area contributed by atoms with Crippen molar-refractivity contribution in [2.75, 3.05) is 18.1 Å². The minimum absolute atomic E-state index is 0.502. The molecule has 76 valence electrons. The third kappa shape index (κ3) is 7.87. The molecule has 0 aromatic carbocycles. The van der Waals surface area contributed by atoms with Crippen LogP contribution in [0.25, 0.3) is 0 Å². The van der Waals surface area contributed by atoms with Gasteiger partial charge in [-0.05, 0) is 25.1 Å². The highest BCUT2D eigenvalue weighted by atomic mass is 32.2. The molecular weight excluding hydrogens is 186 g/mol. The van der Waals surface area contributed by atoms with Gasteiger partial charge in [0.05, 0.1) is 0 Å². The third-order valence-corrected chi connectivity index (χ3v) is 2.97. The summed E-state index contributed by atoms with van der Waals surface area (Å²) in [6, 6.07) is 0. The van der Waals surface area contributed by atoms with Crippen LogP contribution in [-0.2, 0) is 4.79 Å². The number of aliphatic carboxylic acids is 1. The second-order valence-electron chi connectivity index (χ2n) is 3.18. The van der Waals surface area contributed by atoms with E-state index in [4.69, 9.17) is 10.8 Å². The molecule has 0 fully saturated rings. The number of hydrogen-bond donors (Lipinski definition) is 2. The van der Waals surface area contributed by atoms with Gasteiger partial charge in [0.2, 0.25) is 0 Å². The molecule has 0 bridgehead atoms. The largest absolute Gasteiger partial charge is 0.478 e. The summed E-state index contributed by atoms with van der Waals surface area (Å²) >= 11 is 1.72. The van der Waals surface area contributed by atoms with E-state index in [0.717, 1.165) is 17.1 Å². The van der Waals surface area contributed by atoms with Crippen molar-refractivity contribution < 1.29 is 9.90 Å². The SMILES string of the molecule is CC(=CC(=O)O)CSCC(C)CN. The highest BCUT2D eigenvalue weighted by Crippen LogP contribution is 2.11. The Kier molecular flexibility index (Phi) is 6.72. The fourth-order valence-electron chi connectivity index (χ4n) is 0.742. The topological polar surface area (TPSA) is 63.3 Å². The normalized spacial score (nSPS) is 14.2. The van der Waals surface area contributed by atoms with E-state index in [-0.39, 0.29) is 0 Å². The van der Waals surface area contributed by atoms with Gasteiger partial charge in [-0.15, -0.1) is 0 Å². The van der Waals surface area contributed by atoms with E-state index in [1.54, 1.807) is 11.8 Å². The van der Waals surface area contributed by atoms with Gasteiger partial charge in [-0.25, -0.2) is 4.79 Å². The summed E-state index contributed by atoms with van der Waals surface area (Å²) in [6.07, 6.45) is 1.25. The smallest absolute Gasteiger partial charge is 0.328 e. The Bertz CT molecular complexity index is 192. The number of carboxylic acids is 1. The summed E-state index contributed by atoms with van der Waals surface area (Å²) in [6.45, 7) is 4.60. The summed E-state index contributed by atoms with van der Waals surface area (Å²) in [4.78, 5) is 10.3. The number of nitrogens with two attached hydrogens (primary N) is 1.